The van der Waals surface area contributed by atoms with Crippen molar-refractivity contribution in [2.45, 2.75) is 59.2 Å². The molecule has 0 heterocycles. The van der Waals surface area contributed by atoms with E-state index in [4.69, 9.17) is 0 Å². The van der Waals surface area contributed by atoms with Crippen LogP contribution < -0.4 is 5.32 Å². The van der Waals surface area contributed by atoms with Crippen LogP contribution >= 0.6 is 0 Å². The number of benzene rings is 2. The molecule has 0 bridgehead atoms. The molecule has 4 nitrogen and oxygen atoms in total. The summed E-state index contributed by atoms with van der Waals surface area (Å²) in [5.74, 6) is -0.895. The summed E-state index contributed by atoms with van der Waals surface area (Å²) in [6.45, 7) is 7.91. The Bertz CT molecular complexity index is 822. The Hall–Kier alpha value is -2.69. The molecule has 0 saturated heterocycles. The van der Waals surface area contributed by atoms with Gasteiger partial charge in [0.15, 0.2) is 0 Å². The predicted octanol–water partition coefficient (Wildman–Crippen LogP) is 4.01. The minimum Gasteiger partial charge on any atom is -0.352 e. The van der Waals surface area contributed by atoms with Crippen LogP contribution in [-0.2, 0) is 22.6 Å². The van der Waals surface area contributed by atoms with E-state index in [2.05, 4.69) is 5.32 Å². The van der Waals surface area contributed by atoms with Gasteiger partial charge >= 0.3 is 0 Å². The fraction of sp³-hybridized carbons (Fsp3) is 0.391. The Morgan fingerprint density at radius 3 is 2.25 bits per heavy atom. The number of aryl methyl sites for hydroxylation is 1. The van der Waals surface area contributed by atoms with Crippen LogP contribution in [0.4, 0.5) is 4.39 Å². The third-order valence-electron chi connectivity index (χ3n) is 5.07. The Morgan fingerprint density at radius 2 is 1.64 bits per heavy atom. The van der Waals surface area contributed by atoms with E-state index in [9.17, 15) is 14.0 Å². The minimum atomic E-state index is -0.659. The number of carbonyl (C=O) groups excluding carboxylic acids is 2. The van der Waals surface area contributed by atoms with Gasteiger partial charge in [-0.05, 0) is 49.9 Å². The molecule has 0 radical (unpaired) electrons. The zero-order valence-electron chi connectivity index (χ0n) is 17.0. The number of carbonyl (C=O) groups is 2. The maximum Gasteiger partial charge on any atom is 0.242 e. The number of rotatable bonds is 8. The lowest BCUT2D eigenvalue weighted by molar-refractivity contribution is -0.140. The normalized spacial score (nSPS) is 12.9. The van der Waals surface area contributed by atoms with Gasteiger partial charge in [-0.25, -0.2) is 4.39 Å². The third-order valence-corrected chi connectivity index (χ3v) is 5.07. The van der Waals surface area contributed by atoms with E-state index >= 15 is 0 Å². The summed E-state index contributed by atoms with van der Waals surface area (Å²) in [4.78, 5) is 27.3. The van der Waals surface area contributed by atoms with Gasteiger partial charge in [0, 0.05) is 12.6 Å². The van der Waals surface area contributed by atoms with Crippen molar-refractivity contribution in [1.82, 2.24) is 10.2 Å². The summed E-state index contributed by atoms with van der Waals surface area (Å²) < 4.78 is 14.0. The first-order chi connectivity index (χ1) is 13.3. The summed E-state index contributed by atoms with van der Waals surface area (Å²) in [7, 11) is 0. The maximum atomic E-state index is 14.0. The van der Waals surface area contributed by atoms with Gasteiger partial charge in [0.05, 0.1) is 6.42 Å². The lowest BCUT2D eigenvalue weighted by atomic mass is 10.1. The molecule has 0 aliphatic carbocycles. The molecular formula is C23H29FN2O2. The Morgan fingerprint density at radius 1 is 1.04 bits per heavy atom. The lowest BCUT2D eigenvalue weighted by Crippen LogP contribution is -2.50. The molecule has 2 aromatic rings. The zero-order chi connectivity index (χ0) is 20.7. The summed E-state index contributed by atoms with van der Waals surface area (Å²) in [5.41, 5.74) is 2.34. The van der Waals surface area contributed by atoms with Crippen LogP contribution in [0.5, 0.6) is 0 Å². The van der Waals surface area contributed by atoms with Gasteiger partial charge < -0.3 is 10.2 Å². The topological polar surface area (TPSA) is 49.4 Å². The first-order valence-corrected chi connectivity index (χ1v) is 9.71. The van der Waals surface area contributed by atoms with Gasteiger partial charge in [0.1, 0.15) is 11.9 Å². The average molecular weight is 384 g/mol. The van der Waals surface area contributed by atoms with E-state index in [-0.39, 0.29) is 24.3 Å². The van der Waals surface area contributed by atoms with Crippen molar-refractivity contribution in [3.8, 4) is 0 Å². The molecule has 2 atom stereocenters. The number of nitrogens with zero attached hydrogens (tertiary/aromatic N) is 1. The second-order valence-corrected chi connectivity index (χ2v) is 7.21. The van der Waals surface area contributed by atoms with E-state index < -0.39 is 11.9 Å². The van der Waals surface area contributed by atoms with Crippen molar-refractivity contribution >= 4 is 11.8 Å². The minimum absolute atomic E-state index is 0.0249. The zero-order valence-corrected chi connectivity index (χ0v) is 17.0. The first-order valence-electron chi connectivity index (χ1n) is 9.71. The Labute approximate surface area is 166 Å². The molecule has 0 unspecified atom stereocenters. The number of nitrogens with one attached hydrogen (secondary N) is 1. The molecular weight excluding hydrogens is 355 g/mol. The molecule has 1 N–H and O–H groups in total. The van der Waals surface area contributed by atoms with Crippen molar-refractivity contribution in [2.24, 2.45) is 0 Å². The highest BCUT2D eigenvalue weighted by atomic mass is 19.1. The predicted molar refractivity (Wildman–Crippen MR) is 109 cm³/mol. The van der Waals surface area contributed by atoms with Gasteiger partial charge in [-0.3, -0.25) is 9.59 Å². The standard InChI is InChI=1S/C23H29FN2O2/c1-5-17(3)25-23(28)18(4)26(15-20-12-7-6-10-16(20)2)22(27)14-19-11-8-9-13-21(19)24/h6-13,17-18H,5,14-15H2,1-4H3,(H,25,28)/t17-,18+/m0/s1. The van der Waals surface area contributed by atoms with Crippen LogP contribution in [0.25, 0.3) is 0 Å². The average Bonchev–Trinajstić information content (AvgIpc) is 2.68. The Balaban J connectivity index is 2.26. The van der Waals surface area contributed by atoms with E-state index in [0.29, 0.717) is 12.1 Å². The van der Waals surface area contributed by atoms with E-state index in [1.165, 1.54) is 11.0 Å². The second-order valence-electron chi connectivity index (χ2n) is 7.21. The van der Waals surface area contributed by atoms with Gasteiger partial charge in [-0.1, -0.05) is 49.4 Å². The number of hydrogen-bond acceptors (Lipinski definition) is 2. The van der Waals surface area contributed by atoms with Gasteiger partial charge in [-0.15, -0.1) is 0 Å². The van der Waals surface area contributed by atoms with E-state index in [0.717, 1.165) is 17.5 Å². The van der Waals surface area contributed by atoms with Crippen LogP contribution in [0.15, 0.2) is 48.5 Å². The van der Waals surface area contributed by atoms with Crippen LogP contribution in [0, 0.1) is 12.7 Å². The molecule has 28 heavy (non-hydrogen) atoms. The molecule has 0 spiro atoms. The van der Waals surface area contributed by atoms with Gasteiger partial charge in [0.25, 0.3) is 0 Å². The number of halogens is 1. The van der Waals surface area contributed by atoms with Crippen molar-refractivity contribution in [3.05, 3.63) is 71.0 Å². The highest BCUT2D eigenvalue weighted by Crippen LogP contribution is 2.16. The molecule has 0 aromatic heterocycles. The molecule has 0 saturated carbocycles. The van der Waals surface area contributed by atoms with Crippen molar-refractivity contribution in [2.75, 3.05) is 0 Å². The molecule has 2 rings (SSSR count). The van der Waals surface area contributed by atoms with Crippen molar-refractivity contribution in [3.63, 3.8) is 0 Å². The highest BCUT2D eigenvalue weighted by Gasteiger charge is 2.27. The third kappa shape index (κ3) is 5.65. The first kappa shape index (κ1) is 21.6. The van der Waals surface area contributed by atoms with Gasteiger partial charge in [0.2, 0.25) is 11.8 Å². The van der Waals surface area contributed by atoms with Gasteiger partial charge in [-0.2, -0.15) is 0 Å². The molecule has 0 aliphatic heterocycles. The van der Waals surface area contributed by atoms with Crippen LogP contribution in [0.1, 0.15) is 43.9 Å². The molecule has 2 amide bonds. The van der Waals surface area contributed by atoms with Crippen LogP contribution in [-0.4, -0.2) is 28.8 Å². The summed E-state index contributed by atoms with van der Waals surface area (Å²) in [6, 6.07) is 13.4. The molecule has 2 aromatic carbocycles. The SMILES string of the molecule is CC[C@H](C)NC(=O)[C@@H](C)N(Cc1ccccc1C)C(=O)Cc1ccccc1F. The maximum absolute atomic E-state index is 14.0. The fourth-order valence-electron chi connectivity index (χ4n) is 2.93. The molecule has 0 aliphatic rings. The lowest BCUT2D eigenvalue weighted by Gasteiger charge is -2.30. The van der Waals surface area contributed by atoms with E-state index in [1.54, 1.807) is 25.1 Å². The van der Waals surface area contributed by atoms with Crippen LogP contribution in [0.2, 0.25) is 0 Å². The summed E-state index contributed by atoms with van der Waals surface area (Å²) in [5, 5.41) is 2.93. The fourth-order valence-corrected chi connectivity index (χ4v) is 2.93. The smallest absolute Gasteiger partial charge is 0.242 e. The Kier molecular flexibility index (Phi) is 7.73. The number of amides is 2. The van der Waals surface area contributed by atoms with Crippen molar-refractivity contribution in [1.29, 1.82) is 0 Å². The largest absolute Gasteiger partial charge is 0.352 e. The highest BCUT2D eigenvalue weighted by molar-refractivity contribution is 5.88. The van der Waals surface area contributed by atoms with E-state index in [1.807, 2.05) is 45.0 Å². The second kappa shape index (κ2) is 10.0. The van der Waals surface area contributed by atoms with Crippen LogP contribution in [0.3, 0.4) is 0 Å². The summed E-state index contributed by atoms with van der Waals surface area (Å²) in [6.07, 6.45) is 0.721. The number of hydrogen-bond donors (Lipinski definition) is 1. The molecule has 5 heteroatoms. The monoisotopic (exact) mass is 384 g/mol. The molecule has 150 valence electrons. The van der Waals surface area contributed by atoms with Crippen molar-refractivity contribution < 1.29 is 14.0 Å². The summed E-state index contributed by atoms with van der Waals surface area (Å²) >= 11 is 0. The quantitative estimate of drug-likeness (QED) is 0.748. The molecule has 0 fully saturated rings.